The molecule has 3 heterocycles. The number of halogens is 2. The van der Waals surface area contributed by atoms with Crippen LogP contribution in [0.3, 0.4) is 0 Å². The van der Waals surface area contributed by atoms with Crippen LogP contribution in [0.1, 0.15) is 32.0 Å². The van der Waals surface area contributed by atoms with Gasteiger partial charge in [-0.25, -0.2) is 4.79 Å². The van der Waals surface area contributed by atoms with Crippen LogP contribution in [0, 0.1) is 0 Å². The smallest absolute Gasteiger partial charge is 0.410 e. The standard InChI is InChI=1S/C21H24Cl2N4O2/c1-21(2,3)29-20(28)27-9-7-16-13(11-27)17-12(15-6-8-25(4)24-15)10-14(22)18(23)19(17)26(16)5/h6,8,10H,7,9,11H2,1-5H3. The van der Waals surface area contributed by atoms with E-state index in [9.17, 15) is 4.79 Å². The predicted octanol–water partition coefficient (Wildman–Crippen LogP) is 5.18. The Bertz CT molecular complexity index is 1120. The second-order valence-electron chi connectivity index (χ2n) is 8.45. The minimum atomic E-state index is -0.536. The van der Waals surface area contributed by atoms with E-state index < -0.39 is 5.60 Å². The van der Waals surface area contributed by atoms with Gasteiger partial charge in [0.05, 0.1) is 27.8 Å². The number of fused-ring (bicyclic) bond motifs is 3. The van der Waals surface area contributed by atoms with Crippen LogP contribution in [-0.4, -0.2) is 37.5 Å². The van der Waals surface area contributed by atoms with E-state index in [0.717, 1.165) is 39.8 Å². The number of hydrogen-bond acceptors (Lipinski definition) is 3. The van der Waals surface area contributed by atoms with E-state index in [0.29, 0.717) is 23.1 Å². The fourth-order valence-electron chi connectivity index (χ4n) is 3.96. The van der Waals surface area contributed by atoms with Crippen LogP contribution < -0.4 is 0 Å². The van der Waals surface area contributed by atoms with Crippen molar-refractivity contribution in [3.05, 3.63) is 39.6 Å². The molecule has 0 radical (unpaired) electrons. The molecule has 3 aromatic rings. The van der Waals surface area contributed by atoms with Crippen molar-refractivity contribution in [3.63, 3.8) is 0 Å². The number of aromatic nitrogens is 3. The molecule has 0 saturated carbocycles. The van der Waals surface area contributed by atoms with Crippen molar-refractivity contribution in [1.82, 2.24) is 19.2 Å². The molecule has 154 valence electrons. The Kier molecular flexibility index (Phi) is 4.82. The quantitative estimate of drug-likeness (QED) is 0.530. The van der Waals surface area contributed by atoms with Crippen LogP contribution in [0.5, 0.6) is 0 Å². The SMILES string of the molecule is Cn1ccc(-c2cc(Cl)c(Cl)c3c2c2c(n3C)CCN(C(=O)OC(C)(C)C)C2)n1. The van der Waals surface area contributed by atoms with Gasteiger partial charge in [0.15, 0.2) is 0 Å². The summed E-state index contributed by atoms with van der Waals surface area (Å²) in [6, 6.07) is 3.81. The summed E-state index contributed by atoms with van der Waals surface area (Å²) in [5.41, 5.74) is 4.29. The first-order valence-electron chi connectivity index (χ1n) is 9.53. The average molecular weight is 435 g/mol. The van der Waals surface area contributed by atoms with E-state index in [1.165, 1.54) is 0 Å². The summed E-state index contributed by atoms with van der Waals surface area (Å²) in [6.45, 7) is 6.67. The van der Waals surface area contributed by atoms with Gasteiger partial charge < -0.3 is 14.2 Å². The molecule has 0 N–H and O–H groups in total. The summed E-state index contributed by atoms with van der Waals surface area (Å²) in [5, 5.41) is 6.56. The van der Waals surface area contributed by atoms with Gasteiger partial charge in [-0.1, -0.05) is 23.2 Å². The first-order valence-corrected chi connectivity index (χ1v) is 10.3. The molecule has 1 aromatic carbocycles. The zero-order valence-corrected chi connectivity index (χ0v) is 18.7. The van der Waals surface area contributed by atoms with Crippen molar-refractivity contribution in [2.45, 2.75) is 39.3 Å². The van der Waals surface area contributed by atoms with E-state index in [1.807, 2.05) is 53.2 Å². The lowest BCUT2D eigenvalue weighted by Gasteiger charge is -2.30. The zero-order chi connectivity index (χ0) is 21.1. The Hall–Kier alpha value is -2.18. The second-order valence-corrected chi connectivity index (χ2v) is 9.24. The largest absolute Gasteiger partial charge is 0.444 e. The fraction of sp³-hybridized carbons (Fsp3) is 0.429. The number of nitrogens with zero attached hydrogens (tertiary/aromatic N) is 4. The van der Waals surface area contributed by atoms with Crippen LogP contribution in [0.4, 0.5) is 4.79 Å². The van der Waals surface area contributed by atoms with Gasteiger partial charge in [0, 0.05) is 55.5 Å². The molecular weight excluding hydrogens is 411 g/mol. The molecule has 1 aliphatic rings. The van der Waals surface area contributed by atoms with Gasteiger partial charge in [-0.15, -0.1) is 0 Å². The molecule has 4 rings (SSSR count). The van der Waals surface area contributed by atoms with E-state index in [2.05, 4.69) is 9.67 Å². The summed E-state index contributed by atoms with van der Waals surface area (Å²) in [6.07, 6.45) is 2.31. The summed E-state index contributed by atoms with van der Waals surface area (Å²) in [5.74, 6) is 0. The van der Waals surface area contributed by atoms with Crippen LogP contribution in [0.15, 0.2) is 18.3 Å². The number of rotatable bonds is 1. The predicted molar refractivity (Wildman–Crippen MR) is 115 cm³/mol. The first kappa shape index (κ1) is 20.1. The monoisotopic (exact) mass is 434 g/mol. The first-order chi connectivity index (χ1) is 13.6. The summed E-state index contributed by atoms with van der Waals surface area (Å²) in [7, 11) is 3.87. The molecule has 1 amide bonds. The molecule has 0 aliphatic carbocycles. The van der Waals surface area contributed by atoms with Crippen LogP contribution >= 0.6 is 23.2 Å². The van der Waals surface area contributed by atoms with Crippen molar-refractivity contribution in [2.24, 2.45) is 14.1 Å². The fourth-order valence-corrected chi connectivity index (χ4v) is 4.43. The molecule has 0 unspecified atom stereocenters. The molecule has 6 nitrogen and oxygen atoms in total. The Labute approximate surface area is 179 Å². The van der Waals surface area contributed by atoms with Gasteiger partial charge in [0.1, 0.15) is 5.60 Å². The molecular formula is C21H24Cl2N4O2. The molecule has 8 heteroatoms. The number of hydrogen-bond donors (Lipinski definition) is 0. The summed E-state index contributed by atoms with van der Waals surface area (Å²) < 4.78 is 9.44. The normalized spacial score (nSPS) is 14.4. The number of carbonyl (C=O) groups excluding carboxylic acids is 1. The Balaban J connectivity index is 1.89. The Morgan fingerprint density at radius 3 is 2.59 bits per heavy atom. The second kappa shape index (κ2) is 6.96. The maximum Gasteiger partial charge on any atom is 0.410 e. The van der Waals surface area contributed by atoms with Gasteiger partial charge in [0.2, 0.25) is 0 Å². The third-order valence-electron chi connectivity index (χ3n) is 5.19. The lowest BCUT2D eigenvalue weighted by atomic mass is 9.99. The number of carbonyl (C=O) groups is 1. The van der Waals surface area contributed by atoms with E-state index >= 15 is 0 Å². The van der Waals surface area contributed by atoms with E-state index in [1.54, 1.807) is 9.58 Å². The number of amides is 1. The molecule has 29 heavy (non-hydrogen) atoms. The molecule has 2 aromatic heterocycles. The van der Waals surface area contributed by atoms with Gasteiger partial charge in [-0.2, -0.15) is 5.10 Å². The number of benzene rings is 1. The van der Waals surface area contributed by atoms with Crippen LogP contribution in [0.2, 0.25) is 10.0 Å². The highest BCUT2D eigenvalue weighted by Gasteiger charge is 2.31. The maximum atomic E-state index is 12.7. The van der Waals surface area contributed by atoms with E-state index in [-0.39, 0.29) is 6.09 Å². The third-order valence-corrected chi connectivity index (χ3v) is 5.97. The molecule has 0 fully saturated rings. The third kappa shape index (κ3) is 3.49. The maximum absolute atomic E-state index is 12.7. The molecule has 1 aliphatic heterocycles. The highest BCUT2D eigenvalue weighted by atomic mass is 35.5. The average Bonchev–Trinajstić information content (AvgIpc) is 3.18. The van der Waals surface area contributed by atoms with Crippen molar-refractivity contribution >= 4 is 40.2 Å². The Morgan fingerprint density at radius 2 is 1.97 bits per heavy atom. The van der Waals surface area contributed by atoms with Gasteiger partial charge in [0.25, 0.3) is 0 Å². The van der Waals surface area contributed by atoms with Crippen molar-refractivity contribution in [1.29, 1.82) is 0 Å². The van der Waals surface area contributed by atoms with E-state index in [4.69, 9.17) is 27.9 Å². The van der Waals surface area contributed by atoms with Crippen molar-refractivity contribution < 1.29 is 9.53 Å². The molecule has 0 atom stereocenters. The highest BCUT2D eigenvalue weighted by molar-refractivity contribution is 6.45. The summed E-state index contributed by atoms with van der Waals surface area (Å²) in [4.78, 5) is 14.4. The zero-order valence-electron chi connectivity index (χ0n) is 17.2. The lowest BCUT2D eigenvalue weighted by Crippen LogP contribution is -2.40. The Morgan fingerprint density at radius 1 is 1.24 bits per heavy atom. The van der Waals surface area contributed by atoms with Crippen molar-refractivity contribution in [3.8, 4) is 11.3 Å². The van der Waals surface area contributed by atoms with Gasteiger partial charge >= 0.3 is 6.09 Å². The topological polar surface area (TPSA) is 52.3 Å². The molecule has 0 spiro atoms. The number of aryl methyl sites for hydroxylation is 2. The minimum Gasteiger partial charge on any atom is -0.444 e. The highest BCUT2D eigenvalue weighted by Crippen LogP contribution is 2.43. The minimum absolute atomic E-state index is 0.306. The lowest BCUT2D eigenvalue weighted by molar-refractivity contribution is 0.0223. The van der Waals surface area contributed by atoms with Gasteiger partial charge in [-0.3, -0.25) is 4.68 Å². The van der Waals surface area contributed by atoms with Crippen LogP contribution in [0.25, 0.3) is 22.2 Å². The van der Waals surface area contributed by atoms with Crippen LogP contribution in [-0.2, 0) is 31.8 Å². The molecule has 0 saturated heterocycles. The molecule has 0 bridgehead atoms. The van der Waals surface area contributed by atoms with Crippen molar-refractivity contribution in [2.75, 3.05) is 6.54 Å². The van der Waals surface area contributed by atoms with Gasteiger partial charge in [-0.05, 0) is 32.9 Å². The summed E-state index contributed by atoms with van der Waals surface area (Å²) >= 11 is 13.1. The number of ether oxygens (including phenoxy) is 1.